The lowest BCUT2D eigenvalue weighted by atomic mass is 9.95. The van der Waals surface area contributed by atoms with Crippen LogP contribution in [0.15, 0.2) is 22.7 Å². The molecule has 0 bridgehead atoms. The van der Waals surface area contributed by atoms with Gasteiger partial charge in [-0.25, -0.2) is 4.79 Å². The summed E-state index contributed by atoms with van der Waals surface area (Å²) in [5.74, 6) is -0.845. The van der Waals surface area contributed by atoms with E-state index in [9.17, 15) is 9.59 Å². The highest BCUT2D eigenvalue weighted by Gasteiger charge is 2.16. The minimum absolute atomic E-state index is 0.113. The number of amides is 1. The SMILES string of the molecule is O=C(COc1cc(C(=O)O)ccc1Br)NC1CCCCC1. The van der Waals surface area contributed by atoms with Gasteiger partial charge in [0.2, 0.25) is 0 Å². The molecule has 1 aromatic carbocycles. The molecule has 0 spiro atoms. The number of ether oxygens (including phenoxy) is 1. The summed E-state index contributed by atoms with van der Waals surface area (Å²) >= 11 is 3.28. The van der Waals surface area contributed by atoms with Gasteiger partial charge in [-0.2, -0.15) is 0 Å². The van der Waals surface area contributed by atoms with E-state index in [0.717, 1.165) is 25.7 Å². The minimum atomic E-state index is -1.03. The number of carbonyl (C=O) groups is 2. The summed E-state index contributed by atoms with van der Waals surface area (Å²) in [4.78, 5) is 22.8. The standard InChI is InChI=1S/C15H18BrNO4/c16-12-7-6-10(15(19)20)8-13(12)21-9-14(18)17-11-4-2-1-3-5-11/h6-8,11H,1-5,9H2,(H,17,18)(H,19,20). The number of aromatic carboxylic acids is 1. The van der Waals surface area contributed by atoms with E-state index in [1.54, 1.807) is 6.07 Å². The third-order valence-electron chi connectivity index (χ3n) is 3.51. The van der Waals surface area contributed by atoms with Gasteiger partial charge in [-0.05, 0) is 47.0 Å². The van der Waals surface area contributed by atoms with E-state index in [1.165, 1.54) is 18.6 Å². The number of carbonyl (C=O) groups excluding carboxylic acids is 1. The Balaban J connectivity index is 1.88. The molecule has 1 saturated carbocycles. The van der Waals surface area contributed by atoms with Gasteiger partial charge in [0.05, 0.1) is 10.0 Å². The molecule has 5 nitrogen and oxygen atoms in total. The van der Waals surface area contributed by atoms with Crippen LogP contribution in [-0.4, -0.2) is 29.6 Å². The van der Waals surface area contributed by atoms with Crippen molar-refractivity contribution in [3.63, 3.8) is 0 Å². The molecule has 1 aliphatic carbocycles. The number of benzene rings is 1. The fourth-order valence-corrected chi connectivity index (χ4v) is 2.77. The number of hydrogen-bond acceptors (Lipinski definition) is 3. The predicted octanol–water partition coefficient (Wildman–Crippen LogP) is 2.98. The zero-order valence-electron chi connectivity index (χ0n) is 11.6. The first kappa shape index (κ1) is 15.8. The highest BCUT2D eigenvalue weighted by molar-refractivity contribution is 9.10. The molecule has 1 aromatic rings. The van der Waals surface area contributed by atoms with E-state index in [-0.39, 0.29) is 24.1 Å². The molecule has 0 saturated heterocycles. The van der Waals surface area contributed by atoms with Crippen LogP contribution in [-0.2, 0) is 4.79 Å². The van der Waals surface area contributed by atoms with Gasteiger partial charge in [0, 0.05) is 6.04 Å². The summed E-state index contributed by atoms with van der Waals surface area (Å²) in [5, 5.41) is 11.9. The first-order valence-corrected chi connectivity index (χ1v) is 7.80. The maximum Gasteiger partial charge on any atom is 0.335 e. The lowest BCUT2D eigenvalue weighted by Crippen LogP contribution is -2.39. The predicted molar refractivity (Wildman–Crippen MR) is 81.6 cm³/mol. The van der Waals surface area contributed by atoms with Crippen molar-refractivity contribution in [2.75, 3.05) is 6.61 Å². The van der Waals surface area contributed by atoms with Gasteiger partial charge in [-0.3, -0.25) is 4.79 Å². The average Bonchev–Trinajstić information content (AvgIpc) is 2.47. The monoisotopic (exact) mass is 355 g/mol. The van der Waals surface area contributed by atoms with Gasteiger partial charge in [0.25, 0.3) is 5.91 Å². The second kappa shape index (κ2) is 7.45. The molecule has 1 amide bonds. The second-order valence-corrected chi connectivity index (χ2v) is 6.00. The van der Waals surface area contributed by atoms with Gasteiger partial charge in [0.1, 0.15) is 5.75 Å². The fraction of sp³-hybridized carbons (Fsp3) is 0.467. The van der Waals surface area contributed by atoms with Crippen LogP contribution in [0.5, 0.6) is 5.75 Å². The fourth-order valence-electron chi connectivity index (χ4n) is 2.41. The van der Waals surface area contributed by atoms with Crippen molar-refractivity contribution in [3.05, 3.63) is 28.2 Å². The Kier molecular flexibility index (Phi) is 5.61. The molecule has 0 radical (unpaired) electrons. The molecule has 0 atom stereocenters. The van der Waals surface area contributed by atoms with Crippen LogP contribution in [0, 0.1) is 0 Å². The Morgan fingerprint density at radius 1 is 1.29 bits per heavy atom. The van der Waals surface area contributed by atoms with E-state index >= 15 is 0 Å². The maximum atomic E-state index is 11.8. The van der Waals surface area contributed by atoms with Crippen LogP contribution < -0.4 is 10.1 Å². The summed E-state index contributed by atoms with van der Waals surface area (Å²) < 4.78 is 6.03. The topological polar surface area (TPSA) is 75.6 Å². The Morgan fingerprint density at radius 2 is 2.00 bits per heavy atom. The van der Waals surface area contributed by atoms with Crippen molar-refractivity contribution in [2.45, 2.75) is 38.1 Å². The van der Waals surface area contributed by atoms with E-state index in [2.05, 4.69) is 21.2 Å². The molecule has 114 valence electrons. The van der Waals surface area contributed by atoms with Gasteiger partial charge < -0.3 is 15.2 Å². The molecule has 2 rings (SSSR count). The summed E-state index contributed by atoms with van der Waals surface area (Å²) in [5.41, 5.74) is 0.126. The van der Waals surface area contributed by atoms with Crippen LogP contribution in [0.1, 0.15) is 42.5 Å². The van der Waals surface area contributed by atoms with Crippen molar-refractivity contribution < 1.29 is 19.4 Å². The summed E-state index contributed by atoms with van der Waals surface area (Å²) in [7, 11) is 0. The summed E-state index contributed by atoms with van der Waals surface area (Å²) in [6.07, 6.45) is 5.57. The molecule has 0 aromatic heterocycles. The van der Waals surface area contributed by atoms with Crippen LogP contribution in [0.2, 0.25) is 0 Å². The lowest BCUT2D eigenvalue weighted by molar-refractivity contribution is -0.124. The third kappa shape index (κ3) is 4.74. The first-order chi connectivity index (χ1) is 10.1. The third-order valence-corrected chi connectivity index (χ3v) is 4.16. The number of nitrogens with one attached hydrogen (secondary N) is 1. The Bertz CT molecular complexity index is 526. The Hall–Kier alpha value is -1.56. The van der Waals surface area contributed by atoms with Crippen LogP contribution >= 0.6 is 15.9 Å². The molecule has 0 aliphatic heterocycles. The number of halogens is 1. The minimum Gasteiger partial charge on any atom is -0.483 e. The molecule has 0 unspecified atom stereocenters. The van der Waals surface area contributed by atoms with E-state index in [1.807, 2.05) is 0 Å². The molecule has 6 heteroatoms. The van der Waals surface area contributed by atoms with Crippen molar-refractivity contribution in [1.82, 2.24) is 5.32 Å². The zero-order chi connectivity index (χ0) is 15.2. The van der Waals surface area contributed by atoms with Crippen LogP contribution in [0.4, 0.5) is 0 Å². The smallest absolute Gasteiger partial charge is 0.335 e. The highest BCUT2D eigenvalue weighted by atomic mass is 79.9. The van der Waals surface area contributed by atoms with E-state index in [4.69, 9.17) is 9.84 Å². The van der Waals surface area contributed by atoms with Gasteiger partial charge in [-0.1, -0.05) is 19.3 Å². The zero-order valence-corrected chi connectivity index (χ0v) is 13.2. The van der Waals surface area contributed by atoms with Crippen molar-refractivity contribution in [1.29, 1.82) is 0 Å². The highest BCUT2D eigenvalue weighted by Crippen LogP contribution is 2.26. The number of rotatable bonds is 5. The first-order valence-electron chi connectivity index (χ1n) is 7.01. The number of carboxylic acids is 1. The molecule has 2 N–H and O–H groups in total. The number of hydrogen-bond donors (Lipinski definition) is 2. The molecular weight excluding hydrogens is 338 g/mol. The van der Waals surface area contributed by atoms with Crippen molar-refractivity contribution >= 4 is 27.8 Å². The molecule has 21 heavy (non-hydrogen) atoms. The molecule has 0 heterocycles. The number of carboxylic acid groups (broad SMARTS) is 1. The van der Waals surface area contributed by atoms with Crippen molar-refractivity contribution in [3.8, 4) is 5.75 Å². The quantitative estimate of drug-likeness (QED) is 0.851. The largest absolute Gasteiger partial charge is 0.483 e. The summed E-state index contributed by atoms with van der Waals surface area (Å²) in [6.45, 7) is -0.113. The normalized spacial score (nSPS) is 15.5. The van der Waals surface area contributed by atoms with Crippen LogP contribution in [0.25, 0.3) is 0 Å². The Labute approximate surface area is 131 Å². The summed E-state index contributed by atoms with van der Waals surface area (Å²) in [6, 6.07) is 4.71. The van der Waals surface area contributed by atoms with Gasteiger partial charge >= 0.3 is 5.97 Å². The van der Waals surface area contributed by atoms with Crippen molar-refractivity contribution in [2.24, 2.45) is 0 Å². The van der Waals surface area contributed by atoms with Gasteiger partial charge in [0.15, 0.2) is 6.61 Å². The molecule has 1 aliphatic rings. The van der Waals surface area contributed by atoms with E-state index in [0.29, 0.717) is 10.2 Å². The van der Waals surface area contributed by atoms with Crippen LogP contribution in [0.3, 0.4) is 0 Å². The maximum absolute atomic E-state index is 11.8. The second-order valence-electron chi connectivity index (χ2n) is 5.14. The average molecular weight is 356 g/mol. The lowest BCUT2D eigenvalue weighted by Gasteiger charge is -2.22. The Morgan fingerprint density at radius 3 is 2.67 bits per heavy atom. The van der Waals surface area contributed by atoms with Gasteiger partial charge in [-0.15, -0.1) is 0 Å². The molecule has 1 fully saturated rings. The van der Waals surface area contributed by atoms with E-state index < -0.39 is 5.97 Å². The molecular formula is C15H18BrNO4.